The van der Waals surface area contributed by atoms with Crippen molar-refractivity contribution in [2.24, 2.45) is 0 Å². The highest BCUT2D eigenvalue weighted by atomic mass is 32.2. The lowest BCUT2D eigenvalue weighted by atomic mass is 10.1. The van der Waals surface area contributed by atoms with Crippen LogP contribution in [-0.2, 0) is 0 Å². The van der Waals surface area contributed by atoms with Crippen LogP contribution in [0.2, 0.25) is 0 Å². The first-order chi connectivity index (χ1) is 7.70. The van der Waals surface area contributed by atoms with E-state index in [-0.39, 0.29) is 0 Å². The zero-order chi connectivity index (χ0) is 11.5. The minimum absolute atomic E-state index is 0.603. The molecule has 0 spiro atoms. The summed E-state index contributed by atoms with van der Waals surface area (Å²) in [5.74, 6) is 1.18. The third-order valence-electron chi connectivity index (χ3n) is 2.97. The second-order valence-corrected chi connectivity index (χ2v) is 5.56. The summed E-state index contributed by atoms with van der Waals surface area (Å²) in [4.78, 5) is 1.42. The Kier molecular flexibility index (Phi) is 3.77. The first-order valence-corrected chi connectivity index (χ1v) is 6.84. The number of benzene rings is 1. The van der Waals surface area contributed by atoms with Crippen LogP contribution in [0.15, 0.2) is 17.0 Å². The van der Waals surface area contributed by atoms with E-state index in [9.17, 15) is 0 Å². The second-order valence-electron chi connectivity index (χ2n) is 4.50. The molecule has 1 aromatic rings. The third kappa shape index (κ3) is 2.53. The van der Waals surface area contributed by atoms with Crippen molar-refractivity contribution in [3.05, 3.63) is 23.3 Å². The molecule has 0 amide bonds. The van der Waals surface area contributed by atoms with Gasteiger partial charge in [-0.15, -0.1) is 11.8 Å². The van der Waals surface area contributed by atoms with Crippen molar-refractivity contribution in [2.45, 2.75) is 31.2 Å². The summed E-state index contributed by atoms with van der Waals surface area (Å²) in [6.07, 6.45) is 1.19. The summed E-state index contributed by atoms with van der Waals surface area (Å²) in [6.45, 7) is 5.44. The number of hydrogen-bond donors (Lipinski definition) is 2. The number of anilines is 1. The van der Waals surface area contributed by atoms with Gasteiger partial charge in [-0.05, 0) is 51.1 Å². The summed E-state index contributed by atoms with van der Waals surface area (Å²) < 4.78 is 0. The van der Waals surface area contributed by atoms with Crippen molar-refractivity contribution >= 4 is 17.4 Å². The lowest BCUT2D eigenvalue weighted by Gasteiger charge is -2.28. The average molecular weight is 236 g/mol. The van der Waals surface area contributed by atoms with Crippen LogP contribution in [0.4, 0.5) is 5.69 Å². The molecule has 0 fully saturated rings. The largest absolute Gasteiger partial charge is 0.380 e. The molecule has 1 unspecified atom stereocenters. The van der Waals surface area contributed by atoms with Crippen LogP contribution < -0.4 is 10.6 Å². The molecule has 2 nitrogen and oxygen atoms in total. The highest BCUT2D eigenvalue weighted by Gasteiger charge is 2.19. The number of thioether (sulfide) groups is 1. The highest BCUT2D eigenvalue weighted by molar-refractivity contribution is 7.99. The predicted molar refractivity (Wildman–Crippen MR) is 72.6 cm³/mol. The molecule has 0 saturated heterocycles. The second kappa shape index (κ2) is 5.11. The maximum atomic E-state index is 3.67. The van der Waals surface area contributed by atoms with E-state index in [2.05, 4.69) is 36.6 Å². The zero-order valence-electron chi connectivity index (χ0n) is 10.3. The van der Waals surface area contributed by atoms with Gasteiger partial charge in [-0.3, -0.25) is 0 Å². The zero-order valence-corrected chi connectivity index (χ0v) is 11.1. The van der Waals surface area contributed by atoms with Crippen molar-refractivity contribution in [2.75, 3.05) is 24.7 Å². The molecule has 1 atom stereocenters. The van der Waals surface area contributed by atoms with Crippen LogP contribution in [0.3, 0.4) is 0 Å². The van der Waals surface area contributed by atoms with E-state index in [1.54, 1.807) is 0 Å². The molecule has 0 aliphatic carbocycles. The first-order valence-electron chi connectivity index (χ1n) is 5.86. The molecule has 0 radical (unpaired) electrons. The van der Waals surface area contributed by atoms with E-state index < -0.39 is 0 Å². The van der Waals surface area contributed by atoms with Gasteiger partial charge >= 0.3 is 0 Å². The third-order valence-corrected chi connectivity index (χ3v) is 4.18. The smallest absolute Gasteiger partial charge is 0.0510 e. The Hall–Kier alpha value is -0.670. The van der Waals surface area contributed by atoms with E-state index in [4.69, 9.17) is 0 Å². The van der Waals surface area contributed by atoms with E-state index in [1.807, 2.05) is 18.8 Å². The van der Waals surface area contributed by atoms with Crippen molar-refractivity contribution in [1.29, 1.82) is 0 Å². The molecule has 2 rings (SSSR count). The standard InChI is InChI=1S/C13H20N2S/c1-9-6-10(2)13-12(7-9)16-8-11(15-13)4-5-14-3/h6-7,11,14-15H,4-5,8H2,1-3H3. The van der Waals surface area contributed by atoms with Crippen LogP contribution in [-0.4, -0.2) is 25.4 Å². The van der Waals surface area contributed by atoms with E-state index in [1.165, 1.54) is 33.9 Å². The topological polar surface area (TPSA) is 24.1 Å². The van der Waals surface area contributed by atoms with E-state index in [0.29, 0.717) is 6.04 Å². The Bertz CT molecular complexity index is 376. The molecule has 1 heterocycles. The maximum absolute atomic E-state index is 3.67. The molecule has 3 heteroatoms. The Balaban J connectivity index is 2.14. The van der Waals surface area contributed by atoms with Gasteiger partial charge in [0.2, 0.25) is 0 Å². The van der Waals surface area contributed by atoms with Crippen LogP contribution in [0, 0.1) is 13.8 Å². The molecule has 0 aromatic heterocycles. The SMILES string of the molecule is CNCCC1CSc2cc(C)cc(C)c2N1. The number of fused-ring (bicyclic) bond motifs is 1. The highest BCUT2D eigenvalue weighted by Crippen LogP contribution is 2.36. The number of nitrogens with one attached hydrogen (secondary N) is 2. The van der Waals surface area contributed by atoms with Gasteiger partial charge in [0, 0.05) is 16.7 Å². The minimum atomic E-state index is 0.603. The molecule has 16 heavy (non-hydrogen) atoms. The lowest BCUT2D eigenvalue weighted by molar-refractivity contribution is 0.657. The monoisotopic (exact) mass is 236 g/mol. The Morgan fingerprint density at radius 2 is 2.25 bits per heavy atom. The Morgan fingerprint density at radius 1 is 1.44 bits per heavy atom. The van der Waals surface area contributed by atoms with Gasteiger partial charge in [-0.1, -0.05) is 6.07 Å². The van der Waals surface area contributed by atoms with Crippen LogP contribution in [0.1, 0.15) is 17.5 Å². The lowest BCUT2D eigenvalue weighted by Crippen LogP contribution is -2.29. The van der Waals surface area contributed by atoms with Crippen LogP contribution in [0.25, 0.3) is 0 Å². The van der Waals surface area contributed by atoms with Crippen LogP contribution >= 0.6 is 11.8 Å². The molecule has 0 bridgehead atoms. The van der Waals surface area contributed by atoms with Crippen molar-refractivity contribution in [1.82, 2.24) is 5.32 Å². The van der Waals surface area contributed by atoms with Gasteiger partial charge in [-0.25, -0.2) is 0 Å². The van der Waals surface area contributed by atoms with E-state index in [0.717, 1.165) is 6.54 Å². The molecule has 1 aliphatic rings. The van der Waals surface area contributed by atoms with Gasteiger partial charge < -0.3 is 10.6 Å². The van der Waals surface area contributed by atoms with Gasteiger partial charge in [-0.2, -0.15) is 0 Å². The molecule has 1 aromatic carbocycles. The van der Waals surface area contributed by atoms with Crippen molar-refractivity contribution in [3.8, 4) is 0 Å². The van der Waals surface area contributed by atoms with Gasteiger partial charge in [0.05, 0.1) is 5.69 Å². The summed E-state index contributed by atoms with van der Waals surface area (Å²) in [5, 5.41) is 6.88. The van der Waals surface area contributed by atoms with Crippen molar-refractivity contribution in [3.63, 3.8) is 0 Å². The van der Waals surface area contributed by atoms with Gasteiger partial charge in [0.15, 0.2) is 0 Å². The van der Waals surface area contributed by atoms with Crippen molar-refractivity contribution < 1.29 is 0 Å². The van der Waals surface area contributed by atoms with Crippen LogP contribution in [0.5, 0.6) is 0 Å². The fourth-order valence-electron chi connectivity index (χ4n) is 2.14. The molecule has 1 aliphatic heterocycles. The number of aryl methyl sites for hydroxylation is 2. The fourth-order valence-corrected chi connectivity index (χ4v) is 3.40. The quantitative estimate of drug-likeness (QED) is 0.844. The molecular weight excluding hydrogens is 216 g/mol. The Morgan fingerprint density at radius 3 is 3.00 bits per heavy atom. The number of rotatable bonds is 3. The summed E-state index contributed by atoms with van der Waals surface area (Å²) in [5.41, 5.74) is 4.08. The molecule has 2 N–H and O–H groups in total. The Labute approximate surface area is 102 Å². The number of hydrogen-bond acceptors (Lipinski definition) is 3. The molecular formula is C13H20N2S. The van der Waals surface area contributed by atoms with E-state index >= 15 is 0 Å². The first kappa shape index (κ1) is 11.8. The van der Waals surface area contributed by atoms with Gasteiger partial charge in [0.25, 0.3) is 0 Å². The predicted octanol–water partition coefficient (Wildman–Crippen LogP) is 2.80. The summed E-state index contributed by atoms with van der Waals surface area (Å²) in [7, 11) is 2.01. The van der Waals surface area contributed by atoms with Gasteiger partial charge in [0.1, 0.15) is 0 Å². The fraction of sp³-hybridized carbons (Fsp3) is 0.538. The summed E-state index contributed by atoms with van der Waals surface area (Å²) >= 11 is 1.99. The maximum Gasteiger partial charge on any atom is 0.0510 e. The average Bonchev–Trinajstić information content (AvgIpc) is 2.26. The molecule has 0 saturated carbocycles. The minimum Gasteiger partial charge on any atom is -0.380 e. The summed E-state index contributed by atoms with van der Waals surface area (Å²) in [6, 6.07) is 5.15. The normalized spacial score (nSPS) is 19.1. The molecule has 88 valence electrons.